The smallest absolute Gasteiger partial charge is 0.235 e. The van der Waals surface area contributed by atoms with Crippen molar-refractivity contribution in [3.63, 3.8) is 0 Å². The average Bonchev–Trinajstić information content (AvgIpc) is 2.69. The van der Waals surface area contributed by atoms with Gasteiger partial charge in [0.25, 0.3) is 0 Å². The minimum atomic E-state index is -0.334. The number of nitrogens with one attached hydrogen (secondary N) is 2. The number of nitrogens with two attached hydrogens (primary N) is 1. The number of fused-ring (bicyclic) bond motifs is 1. The summed E-state index contributed by atoms with van der Waals surface area (Å²) < 4.78 is 2.89. The lowest BCUT2D eigenvalue weighted by molar-refractivity contribution is -0.119. The SMILES string of the molecule is NC(=O)C(Cc1c[nH]c2ccccc12)NI. The molecule has 0 spiro atoms. The predicted octanol–water partition coefficient (Wildman–Crippen LogP) is 1.50. The highest BCUT2D eigenvalue weighted by molar-refractivity contribution is 14.1. The molecular weight excluding hydrogens is 317 g/mol. The Labute approximate surface area is 107 Å². The maximum atomic E-state index is 11.1. The largest absolute Gasteiger partial charge is 0.368 e. The average molecular weight is 329 g/mol. The highest BCUT2D eigenvalue weighted by atomic mass is 127. The van der Waals surface area contributed by atoms with Crippen LogP contribution in [0.25, 0.3) is 10.9 Å². The van der Waals surface area contributed by atoms with Crippen molar-refractivity contribution >= 4 is 39.7 Å². The second-order valence-electron chi connectivity index (χ2n) is 3.63. The number of hydrogen-bond acceptors (Lipinski definition) is 2. The van der Waals surface area contributed by atoms with Gasteiger partial charge in [-0.15, -0.1) is 0 Å². The van der Waals surface area contributed by atoms with Crippen LogP contribution in [0.3, 0.4) is 0 Å². The molecule has 2 aromatic rings. The highest BCUT2D eigenvalue weighted by Crippen LogP contribution is 2.19. The monoisotopic (exact) mass is 329 g/mol. The number of aromatic nitrogens is 1. The maximum Gasteiger partial charge on any atom is 0.235 e. The third kappa shape index (κ3) is 2.19. The number of aromatic amines is 1. The molecule has 0 saturated carbocycles. The highest BCUT2D eigenvalue weighted by Gasteiger charge is 2.15. The van der Waals surface area contributed by atoms with Crippen molar-refractivity contribution in [2.75, 3.05) is 0 Å². The fourth-order valence-electron chi connectivity index (χ4n) is 1.71. The van der Waals surface area contributed by atoms with Crippen molar-refractivity contribution in [1.82, 2.24) is 8.51 Å². The Morgan fingerprint density at radius 2 is 2.25 bits per heavy atom. The molecule has 0 fully saturated rings. The molecule has 1 amide bonds. The molecule has 2 rings (SSSR count). The molecule has 1 atom stereocenters. The van der Waals surface area contributed by atoms with Crippen molar-refractivity contribution in [2.24, 2.45) is 5.73 Å². The molecule has 0 bridgehead atoms. The summed E-state index contributed by atoms with van der Waals surface area (Å²) in [6, 6.07) is 7.67. The van der Waals surface area contributed by atoms with E-state index in [1.807, 2.05) is 53.3 Å². The van der Waals surface area contributed by atoms with Crippen LogP contribution in [-0.4, -0.2) is 16.9 Å². The lowest BCUT2D eigenvalue weighted by atomic mass is 10.1. The molecule has 5 heteroatoms. The third-order valence-corrected chi connectivity index (χ3v) is 3.33. The van der Waals surface area contributed by atoms with Crippen LogP contribution in [0.1, 0.15) is 5.56 Å². The molecular formula is C11H12IN3O. The van der Waals surface area contributed by atoms with Gasteiger partial charge in [0.05, 0.1) is 6.04 Å². The molecule has 0 aliphatic rings. The Kier molecular flexibility index (Phi) is 3.45. The second-order valence-corrected chi connectivity index (χ2v) is 4.25. The first-order chi connectivity index (χ1) is 7.72. The zero-order valence-corrected chi connectivity index (χ0v) is 10.7. The van der Waals surface area contributed by atoms with Crippen LogP contribution < -0.4 is 9.26 Å². The van der Waals surface area contributed by atoms with E-state index >= 15 is 0 Å². The van der Waals surface area contributed by atoms with Gasteiger partial charge in [-0.1, -0.05) is 18.2 Å². The van der Waals surface area contributed by atoms with Gasteiger partial charge in [0.2, 0.25) is 5.91 Å². The van der Waals surface area contributed by atoms with Gasteiger partial charge < -0.3 is 10.7 Å². The zero-order chi connectivity index (χ0) is 11.5. The Morgan fingerprint density at radius 3 is 2.94 bits per heavy atom. The number of rotatable bonds is 4. The summed E-state index contributed by atoms with van der Waals surface area (Å²) in [6.45, 7) is 0. The van der Waals surface area contributed by atoms with Crippen LogP contribution in [0.2, 0.25) is 0 Å². The lowest BCUT2D eigenvalue weighted by Crippen LogP contribution is -2.37. The van der Waals surface area contributed by atoms with E-state index in [1.165, 1.54) is 0 Å². The maximum absolute atomic E-state index is 11.1. The van der Waals surface area contributed by atoms with E-state index in [4.69, 9.17) is 5.73 Å². The van der Waals surface area contributed by atoms with E-state index in [1.54, 1.807) is 0 Å². The molecule has 0 aliphatic carbocycles. The van der Waals surface area contributed by atoms with Crippen molar-refractivity contribution in [3.05, 3.63) is 36.0 Å². The quantitative estimate of drug-likeness (QED) is 0.588. The van der Waals surface area contributed by atoms with Gasteiger partial charge in [-0.2, -0.15) is 0 Å². The summed E-state index contributed by atoms with van der Waals surface area (Å²) in [4.78, 5) is 14.3. The fraction of sp³-hybridized carbons (Fsp3) is 0.182. The van der Waals surface area contributed by atoms with Crippen molar-refractivity contribution in [3.8, 4) is 0 Å². The van der Waals surface area contributed by atoms with Crippen molar-refractivity contribution in [1.29, 1.82) is 0 Å². The standard InChI is InChI=1S/C11H12IN3O/c12-15-10(11(13)16)5-7-6-14-9-4-2-1-3-8(7)9/h1-4,6,10,14-15H,5H2,(H2,13,16). The normalized spacial score (nSPS) is 12.8. The third-order valence-electron chi connectivity index (χ3n) is 2.57. The summed E-state index contributed by atoms with van der Waals surface area (Å²) in [6.07, 6.45) is 2.52. The lowest BCUT2D eigenvalue weighted by Gasteiger charge is -2.09. The van der Waals surface area contributed by atoms with Gasteiger partial charge in [0.15, 0.2) is 0 Å². The molecule has 4 nitrogen and oxygen atoms in total. The summed E-state index contributed by atoms with van der Waals surface area (Å²) in [7, 11) is 0. The van der Waals surface area contributed by atoms with Gasteiger partial charge in [0.1, 0.15) is 0 Å². The molecule has 16 heavy (non-hydrogen) atoms. The number of hydrogen-bond donors (Lipinski definition) is 3. The van der Waals surface area contributed by atoms with Crippen LogP contribution in [0.4, 0.5) is 0 Å². The molecule has 1 aromatic heterocycles. The molecule has 84 valence electrons. The van der Waals surface area contributed by atoms with Gasteiger partial charge in [0, 0.05) is 40.0 Å². The van der Waals surface area contributed by atoms with E-state index in [0.29, 0.717) is 6.42 Å². The van der Waals surface area contributed by atoms with Crippen molar-refractivity contribution < 1.29 is 4.79 Å². The van der Waals surface area contributed by atoms with Gasteiger partial charge in [-0.3, -0.25) is 4.79 Å². The summed E-state index contributed by atoms with van der Waals surface area (Å²) in [5, 5.41) is 1.14. The minimum Gasteiger partial charge on any atom is -0.368 e. The molecule has 0 radical (unpaired) electrons. The van der Waals surface area contributed by atoms with Crippen LogP contribution in [-0.2, 0) is 11.2 Å². The van der Waals surface area contributed by atoms with Crippen LogP contribution >= 0.6 is 22.9 Å². The molecule has 1 aromatic carbocycles. The summed E-state index contributed by atoms with van der Waals surface area (Å²) in [5.74, 6) is -0.334. The minimum absolute atomic E-state index is 0.334. The van der Waals surface area contributed by atoms with E-state index in [0.717, 1.165) is 16.5 Å². The van der Waals surface area contributed by atoms with Gasteiger partial charge in [-0.25, -0.2) is 3.53 Å². The first-order valence-corrected chi connectivity index (χ1v) is 6.00. The fourth-order valence-corrected chi connectivity index (χ4v) is 2.24. The summed E-state index contributed by atoms with van der Waals surface area (Å²) >= 11 is 1.95. The Bertz CT molecular complexity index is 509. The Balaban J connectivity index is 2.30. The van der Waals surface area contributed by atoms with E-state index < -0.39 is 0 Å². The molecule has 1 unspecified atom stereocenters. The van der Waals surface area contributed by atoms with E-state index in [2.05, 4.69) is 8.51 Å². The number of benzene rings is 1. The first kappa shape index (κ1) is 11.4. The van der Waals surface area contributed by atoms with Crippen molar-refractivity contribution in [2.45, 2.75) is 12.5 Å². The first-order valence-electron chi connectivity index (χ1n) is 4.93. The topological polar surface area (TPSA) is 70.9 Å². The van der Waals surface area contributed by atoms with Crippen LogP contribution in [0, 0.1) is 0 Å². The molecule has 1 heterocycles. The van der Waals surface area contributed by atoms with Gasteiger partial charge >= 0.3 is 0 Å². The number of carbonyl (C=O) groups excluding carboxylic acids is 1. The van der Waals surface area contributed by atoms with E-state index in [9.17, 15) is 4.79 Å². The van der Waals surface area contributed by atoms with E-state index in [-0.39, 0.29) is 11.9 Å². The second kappa shape index (κ2) is 4.84. The Hall–Kier alpha value is -1.08. The molecule has 4 N–H and O–H groups in total. The molecule has 0 saturated heterocycles. The van der Waals surface area contributed by atoms with Gasteiger partial charge in [-0.05, 0) is 18.1 Å². The number of primary amides is 1. The molecule has 0 aliphatic heterocycles. The number of H-pyrrole nitrogens is 1. The zero-order valence-electron chi connectivity index (χ0n) is 8.53. The Morgan fingerprint density at radius 1 is 1.50 bits per heavy atom. The summed E-state index contributed by atoms with van der Waals surface area (Å²) in [5.41, 5.74) is 7.47. The number of para-hydroxylation sites is 1. The number of carbonyl (C=O) groups is 1. The number of halogens is 1. The number of amides is 1. The van der Waals surface area contributed by atoms with Crippen LogP contribution in [0.5, 0.6) is 0 Å². The predicted molar refractivity (Wildman–Crippen MR) is 72.1 cm³/mol. The van der Waals surface area contributed by atoms with Crippen LogP contribution in [0.15, 0.2) is 30.5 Å².